The molecule has 0 bridgehead atoms. The monoisotopic (exact) mass is 264 g/mol. The maximum atomic E-state index is 12.4. The molecule has 0 saturated carbocycles. The molecule has 0 aliphatic rings. The number of nitrogens with zero attached hydrogens (tertiary/aromatic N) is 3. The Bertz CT molecular complexity index is 620. The number of hydrogen-bond donors (Lipinski definition) is 1. The number of nitrogen functional groups attached to an aromatic ring is 1. The van der Waals surface area contributed by atoms with E-state index in [1.165, 1.54) is 17.8 Å². The first-order valence-corrected chi connectivity index (χ1v) is 6.18. The Morgan fingerprint density at radius 3 is 2.83 bits per heavy atom. The van der Waals surface area contributed by atoms with E-state index in [4.69, 9.17) is 15.4 Å². The average molecular weight is 264 g/mol. The Morgan fingerprint density at radius 2 is 2.28 bits per heavy atom. The molecule has 5 nitrogen and oxygen atoms in total. The van der Waals surface area contributed by atoms with E-state index < -0.39 is 6.67 Å². The molecule has 0 aliphatic heterocycles. The summed E-state index contributed by atoms with van der Waals surface area (Å²) < 4.78 is 17.7. The summed E-state index contributed by atoms with van der Waals surface area (Å²) in [6, 6.07) is 5.06. The Labute approximate surface area is 107 Å². The third-order valence-corrected chi connectivity index (χ3v) is 2.91. The molecule has 0 spiro atoms. The normalized spacial score (nSPS) is 10.3. The van der Waals surface area contributed by atoms with Gasteiger partial charge in [-0.3, -0.25) is 0 Å². The molecule has 2 rings (SSSR count). The van der Waals surface area contributed by atoms with Crippen LogP contribution in [-0.2, 0) is 6.67 Å². The van der Waals surface area contributed by atoms with E-state index in [9.17, 15) is 4.39 Å². The van der Waals surface area contributed by atoms with Gasteiger partial charge in [-0.05, 0) is 18.4 Å². The van der Waals surface area contributed by atoms with Crippen LogP contribution < -0.4 is 5.73 Å². The molecule has 2 N–H and O–H groups in total. The highest BCUT2D eigenvalue weighted by atomic mass is 32.2. The number of aromatic nitrogens is 2. The topological polar surface area (TPSA) is 88.7 Å². The SMILES string of the molecule is CSc1nc(N)nc(-c2ccc(CF)o2)c1C#N. The maximum absolute atomic E-state index is 12.4. The molecule has 0 aliphatic carbocycles. The van der Waals surface area contributed by atoms with Crippen molar-refractivity contribution in [2.45, 2.75) is 11.7 Å². The minimum absolute atomic E-state index is 0.0477. The van der Waals surface area contributed by atoms with E-state index >= 15 is 0 Å². The van der Waals surface area contributed by atoms with Gasteiger partial charge in [0, 0.05) is 0 Å². The molecule has 2 aromatic rings. The van der Waals surface area contributed by atoms with Crippen LogP contribution in [0.4, 0.5) is 10.3 Å². The number of halogens is 1. The second kappa shape index (κ2) is 5.06. The second-order valence-corrected chi connectivity index (χ2v) is 4.12. The van der Waals surface area contributed by atoms with Crippen molar-refractivity contribution >= 4 is 17.7 Å². The molecular formula is C11H9FN4OS. The van der Waals surface area contributed by atoms with Crippen molar-refractivity contribution < 1.29 is 8.81 Å². The standard InChI is InChI=1S/C11H9FN4OS/c1-18-10-7(5-13)9(15-11(14)16-10)8-3-2-6(4-12)17-8/h2-3H,4H2,1H3,(H2,14,15,16). The molecule has 92 valence electrons. The summed E-state index contributed by atoms with van der Waals surface area (Å²) in [5.74, 6) is 0.534. The van der Waals surface area contributed by atoms with Crippen LogP contribution in [0.3, 0.4) is 0 Å². The third kappa shape index (κ3) is 2.15. The molecular weight excluding hydrogens is 255 g/mol. The van der Waals surface area contributed by atoms with Crippen molar-refractivity contribution in [3.63, 3.8) is 0 Å². The molecule has 0 atom stereocenters. The van der Waals surface area contributed by atoms with Crippen molar-refractivity contribution in [3.8, 4) is 17.5 Å². The van der Waals surface area contributed by atoms with Crippen molar-refractivity contribution in [1.82, 2.24) is 9.97 Å². The molecule has 0 aromatic carbocycles. The summed E-state index contributed by atoms with van der Waals surface area (Å²) in [4.78, 5) is 7.95. The van der Waals surface area contributed by atoms with Gasteiger partial charge < -0.3 is 10.2 Å². The molecule has 7 heteroatoms. The van der Waals surface area contributed by atoms with Gasteiger partial charge in [0.1, 0.15) is 34.8 Å². The zero-order valence-corrected chi connectivity index (χ0v) is 10.3. The molecule has 18 heavy (non-hydrogen) atoms. The lowest BCUT2D eigenvalue weighted by atomic mass is 10.2. The van der Waals surface area contributed by atoms with Gasteiger partial charge in [0.2, 0.25) is 5.95 Å². The number of thioether (sulfide) groups is 1. The van der Waals surface area contributed by atoms with E-state index in [0.29, 0.717) is 10.8 Å². The van der Waals surface area contributed by atoms with Crippen LogP contribution in [0.25, 0.3) is 11.5 Å². The summed E-state index contributed by atoms with van der Waals surface area (Å²) in [6.07, 6.45) is 1.78. The first kappa shape index (κ1) is 12.4. The summed E-state index contributed by atoms with van der Waals surface area (Å²) >= 11 is 1.29. The minimum Gasteiger partial charge on any atom is -0.457 e. The number of anilines is 1. The van der Waals surface area contributed by atoms with Crippen LogP contribution in [0.5, 0.6) is 0 Å². The van der Waals surface area contributed by atoms with Gasteiger partial charge in [-0.2, -0.15) is 5.26 Å². The van der Waals surface area contributed by atoms with Gasteiger partial charge >= 0.3 is 0 Å². The maximum Gasteiger partial charge on any atom is 0.221 e. The van der Waals surface area contributed by atoms with E-state index in [1.54, 1.807) is 12.3 Å². The number of rotatable bonds is 3. The zero-order valence-electron chi connectivity index (χ0n) is 9.48. The highest BCUT2D eigenvalue weighted by Crippen LogP contribution is 2.29. The van der Waals surface area contributed by atoms with E-state index in [2.05, 4.69) is 9.97 Å². The molecule has 0 saturated heterocycles. The van der Waals surface area contributed by atoms with Crippen molar-refractivity contribution in [3.05, 3.63) is 23.5 Å². The van der Waals surface area contributed by atoms with Crippen LogP contribution in [0.15, 0.2) is 21.6 Å². The lowest BCUT2D eigenvalue weighted by Crippen LogP contribution is -2.01. The largest absolute Gasteiger partial charge is 0.457 e. The number of nitrogens with two attached hydrogens (primary N) is 1. The zero-order chi connectivity index (χ0) is 13.1. The minimum atomic E-state index is -0.710. The molecule has 2 aromatic heterocycles. The summed E-state index contributed by atoms with van der Waals surface area (Å²) in [6.45, 7) is -0.710. The Hall–Kier alpha value is -2.07. The van der Waals surface area contributed by atoms with Gasteiger partial charge in [0.25, 0.3) is 0 Å². The van der Waals surface area contributed by atoms with Crippen LogP contribution in [-0.4, -0.2) is 16.2 Å². The summed E-state index contributed by atoms with van der Waals surface area (Å²) in [5, 5.41) is 9.62. The van der Waals surface area contributed by atoms with E-state index in [-0.39, 0.29) is 23.0 Å². The first-order valence-electron chi connectivity index (χ1n) is 4.96. The Kier molecular flexibility index (Phi) is 3.48. The second-order valence-electron chi connectivity index (χ2n) is 3.33. The van der Waals surface area contributed by atoms with Crippen LogP contribution in [0, 0.1) is 11.3 Å². The predicted octanol–water partition coefficient (Wildman–Crippen LogP) is 2.38. The van der Waals surface area contributed by atoms with Gasteiger partial charge in [-0.1, -0.05) is 0 Å². The highest BCUT2D eigenvalue weighted by Gasteiger charge is 2.17. The summed E-state index contributed by atoms with van der Waals surface area (Å²) in [7, 11) is 0. The molecule has 0 fully saturated rings. The van der Waals surface area contributed by atoms with Gasteiger partial charge in [-0.25, -0.2) is 14.4 Å². The Balaban J connectivity index is 2.62. The fraction of sp³-hybridized carbons (Fsp3) is 0.182. The van der Waals surface area contributed by atoms with Gasteiger partial charge in [-0.15, -0.1) is 11.8 Å². The fourth-order valence-electron chi connectivity index (χ4n) is 1.46. The van der Waals surface area contributed by atoms with Crippen LogP contribution >= 0.6 is 11.8 Å². The average Bonchev–Trinajstić information content (AvgIpc) is 2.86. The first-order chi connectivity index (χ1) is 8.69. The molecule has 0 radical (unpaired) electrons. The smallest absolute Gasteiger partial charge is 0.221 e. The molecule has 2 heterocycles. The Morgan fingerprint density at radius 1 is 1.50 bits per heavy atom. The van der Waals surface area contributed by atoms with Crippen molar-refractivity contribution in [1.29, 1.82) is 5.26 Å². The van der Waals surface area contributed by atoms with Crippen LogP contribution in [0.2, 0.25) is 0 Å². The number of alkyl halides is 1. The quantitative estimate of drug-likeness (QED) is 0.676. The number of hydrogen-bond acceptors (Lipinski definition) is 6. The molecule has 0 amide bonds. The van der Waals surface area contributed by atoms with E-state index in [1.807, 2.05) is 6.07 Å². The van der Waals surface area contributed by atoms with Gasteiger partial charge in [0.15, 0.2) is 5.76 Å². The third-order valence-electron chi connectivity index (χ3n) is 2.23. The van der Waals surface area contributed by atoms with Crippen molar-refractivity contribution in [2.75, 3.05) is 12.0 Å². The molecule has 0 unspecified atom stereocenters. The van der Waals surface area contributed by atoms with Gasteiger partial charge in [0.05, 0.1) is 0 Å². The van der Waals surface area contributed by atoms with Crippen molar-refractivity contribution in [2.24, 2.45) is 0 Å². The highest BCUT2D eigenvalue weighted by molar-refractivity contribution is 7.98. The number of nitriles is 1. The lowest BCUT2D eigenvalue weighted by Gasteiger charge is -2.05. The lowest BCUT2D eigenvalue weighted by molar-refractivity contribution is 0.398. The van der Waals surface area contributed by atoms with Crippen LogP contribution in [0.1, 0.15) is 11.3 Å². The number of furan rings is 1. The fourth-order valence-corrected chi connectivity index (χ4v) is 1.99. The van der Waals surface area contributed by atoms with E-state index in [0.717, 1.165) is 0 Å². The predicted molar refractivity (Wildman–Crippen MR) is 65.5 cm³/mol. The summed E-state index contributed by atoms with van der Waals surface area (Å²) in [5.41, 5.74) is 6.14.